The largest absolute Gasteiger partial charge is 0.456 e. The lowest BCUT2D eigenvalue weighted by molar-refractivity contribution is -0.158. The molecule has 30 heavy (non-hydrogen) atoms. The zero-order chi connectivity index (χ0) is 22.5. The topological polar surface area (TPSA) is 52.6 Å². The third kappa shape index (κ3) is 6.46. The van der Waals surface area contributed by atoms with Gasteiger partial charge in [-0.15, -0.1) is 0 Å². The lowest BCUT2D eigenvalue weighted by Gasteiger charge is -2.45. The van der Waals surface area contributed by atoms with Gasteiger partial charge in [0.2, 0.25) is 0 Å². The fraction of sp³-hybridized carbons (Fsp3) is 0.769. The van der Waals surface area contributed by atoms with Crippen LogP contribution in [0.5, 0.6) is 0 Å². The van der Waals surface area contributed by atoms with Gasteiger partial charge in [-0.25, -0.2) is 9.59 Å². The van der Waals surface area contributed by atoms with Crippen LogP contribution >= 0.6 is 0 Å². The highest BCUT2D eigenvalue weighted by atomic mass is 16.6. The molecule has 0 aromatic rings. The molecule has 0 atom stereocenters. The molecule has 0 aromatic carbocycles. The Morgan fingerprint density at radius 1 is 0.833 bits per heavy atom. The van der Waals surface area contributed by atoms with Crippen LogP contribution in [0.3, 0.4) is 0 Å². The van der Waals surface area contributed by atoms with Crippen LogP contribution in [0, 0.1) is 17.8 Å². The van der Waals surface area contributed by atoms with E-state index in [0.29, 0.717) is 28.9 Å². The fourth-order valence-corrected chi connectivity index (χ4v) is 5.37. The number of hydrogen-bond acceptors (Lipinski definition) is 4. The van der Waals surface area contributed by atoms with Crippen molar-refractivity contribution in [2.45, 2.75) is 110 Å². The van der Waals surface area contributed by atoms with E-state index in [4.69, 9.17) is 9.47 Å². The van der Waals surface area contributed by atoms with Crippen LogP contribution in [0.2, 0.25) is 0 Å². The number of ether oxygens (including phenoxy) is 2. The van der Waals surface area contributed by atoms with Crippen LogP contribution in [-0.4, -0.2) is 23.1 Å². The Kier molecular flexibility index (Phi) is 8.35. The number of rotatable bonds is 8. The standard InChI is InChI=1S/C26H42O4/c1-8-9-22(20-10-14-25(6,15-11-20)29-23(27)18(2)3)21-12-16-26(7,17-13-21)30-24(28)19(4)5/h20-22H,2,4,8-17H2,1,3,5-7H3. The molecule has 170 valence electrons. The van der Waals surface area contributed by atoms with Crippen molar-refractivity contribution in [2.24, 2.45) is 17.8 Å². The normalized spacial score (nSPS) is 32.7. The van der Waals surface area contributed by atoms with E-state index in [1.165, 1.54) is 12.8 Å². The molecule has 0 aromatic heterocycles. The highest BCUT2D eigenvalue weighted by molar-refractivity contribution is 5.87. The maximum atomic E-state index is 12.0. The van der Waals surface area contributed by atoms with Crippen molar-refractivity contribution in [1.29, 1.82) is 0 Å². The summed E-state index contributed by atoms with van der Waals surface area (Å²) in [6.45, 7) is 17.2. The number of hydrogen-bond donors (Lipinski definition) is 0. The van der Waals surface area contributed by atoms with Gasteiger partial charge in [0.25, 0.3) is 0 Å². The van der Waals surface area contributed by atoms with Crippen LogP contribution in [0.25, 0.3) is 0 Å². The summed E-state index contributed by atoms with van der Waals surface area (Å²) < 4.78 is 11.5. The Morgan fingerprint density at radius 3 is 1.43 bits per heavy atom. The number of carbonyl (C=O) groups is 2. The van der Waals surface area contributed by atoms with E-state index >= 15 is 0 Å². The highest BCUT2D eigenvalue weighted by Crippen LogP contribution is 2.47. The molecule has 0 spiro atoms. The summed E-state index contributed by atoms with van der Waals surface area (Å²) in [5.41, 5.74) is 0.232. The molecule has 2 aliphatic rings. The molecular formula is C26H42O4. The summed E-state index contributed by atoms with van der Waals surface area (Å²) in [6, 6.07) is 0. The van der Waals surface area contributed by atoms with Crippen LogP contribution in [0.1, 0.15) is 98.8 Å². The monoisotopic (exact) mass is 418 g/mol. The molecule has 0 aliphatic heterocycles. The van der Waals surface area contributed by atoms with E-state index < -0.39 is 0 Å². The molecule has 0 N–H and O–H groups in total. The van der Waals surface area contributed by atoms with Gasteiger partial charge in [0.05, 0.1) is 0 Å². The second kappa shape index (κ2) is 10.2. The minimum atomic E-state index is -0.356. The predicted octanol–water partition coefficient (Wildman–Crippen LogP) is 6.54. The van der Waals surface area contributed by atoms with E-state index in [0.717, 1.165) is 51.4 Å². The van der Waals surface area contributed by atoms with Crippen molar-refractivity contribution >= 4 is 11.9 Å². The van der Waals surface area contributed by atoms with Gasteiger partial charge in [-0.1, -0.05) is 32.9 Å². The van der Waals surface area contributed by atoms with Gasteiger partial charge in [0, 0.05) is 11.1 Å². The first-order valence-electron chi connectivity index (χ1n) is 11.8. The predicted molar refractivity (Wildman–Crippen MR) is 121 cm³/mol. The third-order valence-corrected chi connectivity index (χ3v) is 7.38. The Hall–Kier alpha value is -1.58. The van der Waals surface area contributed by atoms with Gasteiger partial charge in [-0.3, -0.25) is 0 Å². The first-order chi connectivity index (χ1) is 14.0. The molecule has 0 saturated heterocycles. The molecule has 4 heteroatoms. The van der Waals surface area contributed by atoms with E-state index in [1.54, 1.807) is 13.8 Å². The van der Waals surface area contributed by atoms with Crippen LogP contribution in [0.15, 0.2) is 24.3 Å². The quantitative estimate of drug-likeness (QED) is 0.332. The van der Waals surface area contributed by atoms with Crippen LogP contribution in [0.4, 0.5) is 0 Å². The molecule has 2 fully saturated rings. The Labute approximate surface area is 183 Å². The van der Waals surface area contributed by atoms with Gasteiger partial charge in [-0.2, -0.15) is 0 Å². The molecule has 0 bridgehead atoms. The molecule has 2 aliphatic carbocycles. The minimum Gasteiger partial charge on any atom is -0.456 e. The van der Waals surface area contributed by atoms with E-state index in [9.17, 15) is 9.59 Å². The minimum absolute atomic E-state index is 0.267. The van der Waals surface area contributed by atoms with E-state index in [-0.39, 0.29) is 23.1 Å². The lowest BCUT2D eigenvalue weighted by atomic mass is 9.64. The van der Waals surface area contributed by atoms with Gasteiger partial charge >= 0.3 is 11.9 Å². The SMILES string of the molecule is C=C(C)C(=O)OC1(C)CCC(C(CCC)C2CCC(C)(OC(=O)C(=C)C)CC2)CC1. The summed E-state index contributed by atoms with van der Waals surface area (Å²) >= 11 is 0. The summed E-state index contributed by atoms with van der Waals surface area (Å²) in [5, 5.41) is 0. The second-order valence-electron chi connectivity index (χ2n) is 10.4. The van der Waals surface area contributed by atoms with Crippen molar-refractivity contribution in [3.63, 3.8) is 0 Å². The zero-order valence-electron chi connectivity index (χ0n) is 19.9. The molecular weight excluding hydrogens is 376 g/mol. The van der Waals surface area contributed by atoms with Gasteiger partial charge < -0.3 is 9.47 Å². The Bertz CT molecular complexity index is 592. The summed E-state index contributed by atoms with van der Waals surface area (Å²) in [5.74, 6) is 1.55. The summed E-state index contributed by atoms with van der Waals surface area (Å²) in [4.78, 5) is 24.0. The van der Waals surface area contributed by atoms with Crippen molar-refractivity contribution in [3.8, 4) is 0 Å². The number of esters is 2. The van der Waals surface area contributed by atoms with Crippen molar-refractivity contribution in [2.75, 3.05) is 0 Å². The molecule has 2 rings (SSSR count). The summed E-state index contributed by atoms with van der Waals surface area (Å²) in [7, 11) is 0. The van der Waals surface area contributed by atoms with Gasteiger partial charge in [0.1, 0.15) is 11.2 Å². The maximum Gasteiger partial charge on any atom is 0.333 e. The maximum absolute atomic E-state index is 12.0. The fourth-order valence-electron chi connectivity index (χ4n) is 5.37. The van der Waals surface area contributed by atoms with E-state index in [2.05, 4.69) is 33.9 Å². The zero-order valence-corrected chi connectivity index (χ0v) is 19.9. The average molecular weight is 419 g/mol. The molecule has 2 saturated carbocycles. The lowest BCUT2D eigenvalue weighted by Crippen LogP contribution is -2.41. The first-order valence-corrected chi connectivity index (χ1v) is 11.8. The molecule has 4 nitrogen and oxygen atoms in total. The first kappa shape index (κ1) is 24.7. The van der Waals surface area contributed by atoms with E-state index in [1.807, 2.05) is 0 Å². The second-order valence-corrected chi connectivity index (χ2v) is 10.4. The number of carbonyl (C=O) groups excluding carboxylic acids is 2. The molecule has 0 unspecified atom stereocenters. The Morgan fingerprint density at radius 2 is 1.17 bits per heavy atom. The van der Waals surface area contributed by atoms with Crippen LogP contribution < -0.4 is 0 Å². The van der Waals surface area contributed by atoms with Gasteiger partial charge in [0.15, 0.2) is 0 Å². The smallest absolute Gasteiger partial charge is 0.333 e. The van der Waals surface area contributed by atoms with Crippen molar-refractivity contribution in [1.82, 2.24) is 0 Å². The highest BCUT2D eigenvalue weighted by Gasteiger charge is 2.42. The molecule has 0 radical (unpaired) electrons. The van der Waals surface area contributed by atoms with Crippen molar-refractivity contribution in [3.05, 3.63) is 24.3 Å². The van der Waals surface area contributed by atoms with Gasteiger partial charge in [-0.05, 0) is 96.8 Å². The third-order valence-electron chi connectivity index (χ3n) is 7.38. The Balaban J connectivity index is 1.94. The molecule has 0 heterocycles. The molecule has 0 amide bonds. The average Bonchev–Trinajstić information content (AvgIpc) is 2.67. The summed E-state index contributed by atoms with van der Waals surface area (Å²) in [6.07, 6.45) is 10.6. The van der Waals surface area contributed by atoms with Crippen LogP contribution in [-0.2, 0) is 19.1 Å². The van der Waals surface area contributed by atoms with Crippen molar-refractivity contribution < 1.29 is 19.1 Å².